The molecule has 1 aliphatic heterocycles. The molecule has 0 fully saturated rings. The maximum absolute atomic E-state index is 11.2. The Kier molecular flexibility index (Phi) is 3.92. The molecule has 1 aliphatic rings. The van der Waals surface area contributed by atoms with Crippen LogP contribution in [-0.2, 0) is 4.79 Å². The van der Waals surface area contributed by atoms with Crippen LogP contribution in [0.15, 0.2) is 11.6 Å². The zero-order valence-corrected chi connectivity index (χ0v) is 10.8. The van der Waals surface area contributed by atoms with E-state index < -0.39 is 5.54 Å². The van der Waals surface area contributed by atoms with Crippen molar-refractivity contribution in [3.8, 4) is 0 Å². The molecule has 0 atom stereocenters. The summed E-state index contributed by atoms with van der Waals surface area (Å²) >= 11 is 0. The smallest absolute Gasteiger partial charge is 0.147 e. The first-order valence-corrected chi connectivity index (χ1v) is 6.24. The van der Waals surface area contributed by atoms with Gasteiger partial charge >= 0.3 is 0 Å². The molecular weight excluding hydrogens is 202 g/mol. The summed E-state index contributed by atoms with van der Waals surface area (Å²) in [5.74, 6) is 0. The van der Waals surface area contributed by atoms with E-state index in [9.17, 15) is 10.0 Å². The van der Waals surface area contributed by atoms with E-state index in [2.05, 4.69) is 0 Å². The molecule has 3 nitrogen and oxygen atoms in total. The molecule has 0 aromatic rings. The van der Waals surface area contributed by atoms with Gasteiger partial charge in [-0.3, -0.25) is 4.79 Å². The van der Waals surface area contributed by atoms with Gasteiger partial charge < -0.3 is 5.21 Å². The van der Waals surface area contributed by atoms with Crippen molar-refractivity contribution < 1.29 is 10.0 Å². The first-order chi connectivity index (χ1) is 7.56. The Labute approximate surface area is 98.1 Å². The van der Waals surface area contributed by atoms with Gasteiger partial charge in [0, 0.05) is 5.57 Å². The molecule has 3 heteroatoms. The molecule has 0 bridgehead atoms. The monoisotopic (exact) mass is 225 g/mol. The SMILES string of the molecule is CCC1(CC)C=C(C=O)C(CC)(CC)N1O. The number of hydroxylamine groups is 2. The van der Waals surface area contributed by atoms with Gasteiger partial charge in [0.2, 0.25) is 0 Å². The zero-order valence-electron chi connectivity index (χ0n) is 10.8. The number of nitrogens with zero attached hydrogens (tertiary/aromatic N) is 1. The molecule has 16 heavy (non-hydrogen) atoms. The topological polar surface area (TPSA) is 40.5 Å². The highest BCUT2D eigenvalue weighted by Crippen LogP contribution is 2.45. The highest BCUT2D eigenvalue weighted by molar-refractivity contribution is 5.78. The summed E-state index contributed by atoms with van der Waals surface area (Å²) in [5, 5.41) is 11.9. The molecule has 1 heterocycles. The lowest BCUT2D eigenvalue weighted by Gasteiger charge is -2.42. The van der Waals surface area contributed by atoms with Crippen LogP contribution in [0.25, 0.3) is 0 Å². The first kappa shape index (κ1) is 13.4. The minimum Gasteiger partial charge on any atom is -0.312 e. The molecular formula is C13H23NO2. The summed E-state index contributed by atoms with van der Waals surface area (Å²) in [6, 6.07) is 0. The Hall–Kier alpha value is -0.670. The van der Waals surface area contributed by atoms with E-state index in [1.165, 1.54) is 5.06 Å². The lowest BCUT2D eigenvalue weighted by Crippen LogP contribution is -2.53. The standard InChI is InChI=1S/C13H23NO2/c1-5-12(6-2)9-11(10-15)13(7-3,8-4)14(12)16/h9-10,16H,5-8H2,1-4H3. The quantitative estimate of drug-likeness (QED) is 0.731. The molecule has 0 unspecified atom stereocenters. The molecule has 0 aromatic carbocycles. The van der Waals surface area contributed by atoms with E-state index in [1.807, 2.05) is 33.8 Å². The predicted octanol–water partition coefficient (Wildman–Crippen LogP) is 2.93. The van der Waals surface area contributed by atoms with Gasteiger partial charge in [-0.05, 0) is 25.7 Å². The maximum Gasteiger partial charge on any atom is 0.147 e. The van der Waals surface area contributed by atoms with E-state index in [0.717, 1.165) is 37.5 Å². The van der Waals surface area contributed by atoms with Gasteiger partial charge in [0.15, 0.2) is 0 Å². The second-order valence-electron chi connectivity index (χ2n) is 4.58. The summed E-state index contributed by atoms with van der Waals surface area (Å²) in [6.45, 7) is 8.14. The number of hydrogen-bond donors (Lipinski definition) is 1. The van der Waals surface area contributed by atoms with Gasteiger partial charge in [-0.2, -0.15) is 5.06 Å². The fraction of sp³-hybridized carbons (Fsp3) is 0.769. The molecule has 0 saturated carbocycles. The second kappa shape index (κ2) is 4.68. The van der Waals surface area contributed by atoms with E-state index in [4.69, 9.17) is 0 Å². The van der Waals surface area contributed by atoms with E-state index in [-0.39, 0.29) is 5.54 Å². The van der Waals surface area contributed by atoms with Crippen LogP contribution in [0.2, 0.25) is 0 Å². The Balaban J connectivity index is 3.26. The lowest BCUT2D eigenvalue weighted by atomic mass is 9.87. The average Bonchev–Trinajstić information content (AvgIpc) is 2.59. The van der Waals surface area contributed by atoms with Gasteiger partial charge in [-0.15, -0.1) is 0 Å². The van der Waals surface area contributed by atoms with Crippen molar-refractivity contribution in [1.82, 2.24) is 5.06 Å². The average molecular weight is 225 g/mol. The minimum absolute atomic E-state index is 0.359. The zero-order chi connectivity index (χ0) is 12.4. The number of aldehydes is 1. The van der Waals surface area contributed by atoms with Crippen LogP contribution in [0.1, 0.15) is 53.4 Å². The highest BCUT2D eigenvalue weighted by Gasteiger charge is 2.51. The normalized spacial score (nSPS) is 23.2. The van der Waals surface area contributed by atoms with Gasteiger partial charge in [0.05, 0.1) is 11.1 Å². The summed E-state index contributed by atoms with van der Waals surface area (Å²) in [4.78, 5) is 11.2. The molecule has 92 valence electrons. The van der Waals surface area contributed by atoms with Crippen molar-refractivity contribution in [2.45, 2.75) is 64.5 Å². The molecule has 0 amide bonds. The summed E-state index contributed by atoms with van der Waals surface area (Å²) in [6.07, 6.45) is 6.02. The fourth-order valence-electron chi connectivity index (χ4n) is 2.89. The predicted molar refractivity (Wildman–Crippen MR) is 64.4 cm³/mol. The van der Waals surface area contributed by atoms with Gasteiger partial charge in [0.25, 0.3) is 0 Å². The number of carbonyl (C=O) groups excluding carboxylic acids is 1. The van der Waals surface area contributed by atoms with E-state index in [0.29, 0.717) is 0 Å². The third kappa shape index (κ3) is 1.54. The van der Waals surface area contributed by atoms with Gasteiger partial charge in [-0.25, -0.2) is 0 Å². The van der Waals surface area contributed by atoms with E-state index in [1.54, 1.807) is 0 Å². The first-order valence-electron chi connectivity index (χ1n) is 6.24. The van der Waals surface area contributed by atoms with Crippen LogP contribution in [-0.4, -0.2) is 27.6 Å². The molecule has 0 aromatic heterocycles. The largest absolute Gasteiger partial charge is 0.312 e. The third-order valence-electron chi connectivity index (χ3n) is 4.31. The Bertz CT molecular complexity index is 288. The van der Waals surface area contributed by atoms with Crippen molar-refractivity contribution in [3.05, 3.63) is 11.6 Å². The summed E-state index contributed by atoms with van der Waals surface area (Å²) < 4.78 is 0. The number of carbonyl (C=O) groups is 1. The van der Waals surface area contributed by atoms with Crippen molar-refractivity contribution in [1.29, 1.82) is 0 Å². The summed E-state index contributed by atoms with van der Waals surface area (Å²) in [7, 11) is 0. The molecule has 1 N–H and O–H groups in total. The Morgan fingerprint density at radius 1 is 1.19 bits per heavy atom. The van der Waals surface area contributed by atoms with Crippen molar-refractivity contribution >= 4 is 6.29 Å². The minimum atomic E-state index is -0.478. The Morgan fingerprint density at radius 2 is 1.69 bits per heavy atom. The lowest BCUT2D eigenvalue weighted by molar-refractivity contribution is -0.208. The maximum atomic E-state index is 11.2. The molecule has 0 spiro atoms. The van der Waals surface area contributed by atoms with Crippen LogP contribution in [0, 0.1) is 0 Å². The van der Waals surface area contributed by atoms with Crippen molar-refractivity contribution in [2.75, 3.05) is 0 Å². The van der Waals surface area contributed by atoms with Crippen LogP contribution in [0.3, 0.4) is 0 Å². The van der Waals surface area contributed by atoms with Crippen molar-refractivity contribution in [3.63, 3.8) is 0 Å². The second-order valence-corrected chi connectivity index (χ2v) is 4.58. The van der Waals surface area contributed by atoms with E-state index >= 15 is 0 Å². The van der Waals surface area contributed by atoms with Crippen LogP contribution in [0.4, 0.5) is 0 Å². The molecule has 1 rings (SSSR count). The number of rotatable bonds is 5. The number of hydrogen-bond acceptors (Lipinski definition) is 3. The van der Waals surface area contributed by atoms with Gasteiger partial charge in [0.1, 0.15) is 6.29 Å². The van der Waals surface area contributed by atoms with Crippen LogP contribution >= 0.6 is 0 Å². The summed E-state index contributed by atoms with van der Waals surface area (Å²) in [5.41, 5.74) is -0.0977. The molecule has 0 aliphatic carbocycles. The van der Waals surface area contributed by atoms with Crippen LogP contribution in [0.5, 0.6) is 0 Å². The Morgan fingerprint density at radius 3 is 1.94 bits per heavy atom. The molecule has 0 radical (unpaired) electrons. The fourth-order valence-corrected chi connectivity index (χ4v) is 2.89. The molecule has 0 saturated heterocycles. The third-order valence-corrected chi connectivity index (χ3v) is 4.31. The van der Waals surface area contributed by atoms with Gasteiger partial charge in [-0.1, -0.05) is 33.8 Å². The van der Waals surface area contributed by atoms with Crippen molar-refractivity contribution in [2.24, 2.45) is 0 Å². The highest BCUT2D eigenvalue weighted by atomic mass is 16.5. The van der Waals surface area contributed by atoms with Crippen LogP contribution < -0.4 is 0 Å².